The van der Waals surface area contributed by atoms with Gasteiger partial charge in [0.1, 0.15) is 34.2 Å². The number of carbonyl (C=O) groups excluding carboxylic acids is 2. The van der Waals surface area contributed by atoms with E-state index in [2.05, 4.69) is 62.7 Å². The number of benzene rings is 2. The lowest BCUT2D eigenvalue weighted by molar-refractivity contribution is -0.150. The molecule has 4 aliphatic rings. The lowest BCUT2D eigenvalue weighted by Gasteiger charge is -2.50. The molecule has 318 valence electrons. The van der Waals surface area contributed by atoms with Crippen LogP contribution in [0, 0.1) is 11.8 Å². The van der Waals surface area contributed by atoms with E-state index in [0.717, 1.165) is 87.1 Å². The summed E-state index contributed by atoms with van der Waals surface area (Å²) in [5.74, 6) is 1.48. The molecule has 58 heavy (non-hydrogen) atoms. The van der Waals surface area contributed by atoms with Crippen LogP contribution in [0.4, 0.5) is 0 Å². The van der Waals surface area contributed by atoms with E-state index in [1.54, 1.807) is 12.1 Å². The summed E-state index contributed by atoms with van der Waals surface area (Å²) >= 11 is 3.45. The fraction of sp³-hybridized carbons (Fsp3) is 0.633. The van der Waals surface area contributed by atoms with Crippen LogP contribution in [0.15, 0.2) is 47.6 Å². The maximum Gasteiger partial charge on any atom is 0.315 e. The normalized spacial score (nSPS) is 24.7. The molecule has 2 N–H and O–H groups in total. The molecule has 2 aliphatic heterocycles. The van der Waals surface area contributed by atoms with Crippen molar-refractivity contribution in [2.24, 2.45) is 11.8 Å². The zero-order valence-corrected chi connectivity index (χ0v) is 38.0. The molecule has 0 saturated heterocycles. The molecule has 9 heteroatoms. The van der Waals surface area contributed by atoms with E-state index in [0.29, 0.717) is 35.8 Å². The molecule has 0 bridgehead atoms. The quantitative estimate of drug-likeness (QED) is 0.0788. The van der Waals surface area contributed by atoms with E-state index in [9.17, 15) is 19.8 Å². The number of allylic oxidation sites excluding steroid dienone is 4. The number of esters is 2. The van der Waals surface area contributed by atoms with E-state index in [1.165, 1.54) is 11.1 Å². The molecule has 0 aromatic heterocycles. The van der Waals surface area contributed by atoms with Crippen molar-refractivity contribution >= 4 is 27.9 Å². The van der Waals surface area contributed by atoms with Gasteiger partial charge < -0.3 is 29.2 Å². The Hall–Kier alpha value is -3.46. The Bertz CT molecular complexity index is 1920. The molecule has 0 spiro atoms. The highest BCUT2D eigenvalue weighted by Crippen LogP contribution is 2.58. The number of alkyl halides is 1. The van der Waals surface area contributed by atoms with E-state index < -0.39 is 22.0 Å². The smallest absolute Gasteiger partial charge is 0.315 e. The molecular weight excluding hydrogens is 796 g/mol. The third-order valence-electron chi connectivity index (χ3n) is 13.9. The Morgan fingerprint density at radius 1 is 0.776 bits per heavy atom. The average Bonchev–Trinajstić information content (AvgIpc) is 3.16. The lowest BCUT2D eigenvalue weighted by atomic mass is 9.63. The van der Waals surface area contributed by atoms with E-state index in [-0.39, 0.29) is 47.1 Å². The predicted octanol–water partition coefficient (Wildman–Crippen LogP) is 11.8. The topological polar surface area (TPSA) is 112 Å². The Kier molecular flexibility index (Phi) is 13.1. The van der Waals surface area contributed by atoms with Crippen LogP contribution < -0.4 is 9.47 Å². The fourth-order valence-electron chi connectivity index (χ4n) is 9.92. The molecule has 6 rings (SSSR count). The SMILES string of the molecule is CCCCOC(=O)C(C)(C)c1cc(O)c2c(c1)OC(C)(CCC1=CC[C@@H]3[C@@H](C1)c1c(O)cc(C(C)(C)C(=O)OCCCCCBr)cc1OC3(C)C)[C@@H]1CC=C(C)C[C@@H]21. The highest BCUT2D eigenvalue weighted by molar-refractivity contribution is 9.09. The third kappa shape index (κ3) is 8.72. The molecule has 0 amide bonds. The Labute approximate surface area is 355 Å². The van der Waals surface area contributed by atoms with Crippen molar-refractivity contribution in [3.8, 4) is 23.0 Å². The number of phenols is 2. The summed E-state index contributed by atoms with van der Waals surface area (Å²) in [6.07, 6.45) is 14.2. The van der Waals surface area contributed by atoms with Gasteiger partial charge in [0.2, 0.25) is 0 Å². The fourth-order valence-corrected chi connectivity index (χ4v) is 10.3. The van der Waals surface area contributed by atoms with E-state index in [4.69, 9.17) is 18.9 Å². The van der Waals surface area contributed by atoms with E-state index in [1.807, 2.05) is 39.8 Å². The van der Waals surface area contributed by atoms with Crippen molar-refractivity contribution < 1.29 is 38.7 Å². The first-order chi connectivity index (χ1) is 27.3. The number of unbranched alkanes of at least 4 members (excludes halogenated alkanes) is 3. The number of hydrogen-bond donors (Lipinski definition) is 2. The molecule has 0 radical (unpaired) electrons. The number of fused-ring (bicyclic) bond motifs is 6. The van der Waals surface area contributed by atoms with Gasteiger partial charge in [-0.25, -0.2) is 0 Å². The second-order valence-corrected chi connectivity index (χ2v) is 20.1. The van der Waals surface area contributed by atoms with Crippen LogP contribution in [-0.2, 0) is 29.9 Å². The Morgan fingerprint density at radius 2 is 1.33 bits per heavy atom. The van der Waals surface area contributed by atoms with Crippen molar-refractivity contribution in [3.05, 3.63) is 69.8 Å². The van der Waals surface area contributed by atoms with Gasteiger partial charge in [-0.05, 0) is 155 Å². The Balaban J connectivity index is 1.23. The van der Waals surface area contributed by atoms with Gasteiger partial charge >= 0.3 is 11.9 Å². The standard InChI is InChI=1S/C49H67BrO8/c1-10-11-22-55-44(53)47(5,6)33-27-38(51)42-34-24-30(2)15-17-37(34)49(9,58-41(42)29-33)20-19-31-16-18-36-35(25-31)43-39(52)26-32(28-40(43)57-48(36,7)8)46(3,4)45(54)56-23-14-12-13-21-50/h15-16,26-29,34-37,51-52H,10-14,17-25H2,1-9H3/t34-,35-,36-,37-,49?/m1/s1. The molecule has 2 aliphatic carbocycles. The second-order valence-electron chi connectivity index (χ2n) is 19.3. The monoisotopic (exact) mass is 862 g/mol. The third-order valence-corrected chi connectivity index (χ3v) is 14.5. The molecule has 8 nitrogen and oxygen atoms in total. The molecule has 5 atom stereocenters. The van der Waals surface area contributed by atoms with Crippen LogP contribution in [-0.4, -0.2) is 51.9 Å². The number of rotatable bonds is 15. The van der Waals surface area contributed by atoms with Gasteiger partial charge in [0, 0.05) is 40.1 Å². The first-order valence-electron chi connectivity index (χ1n) is 21.7. The molecule has 2 aromatic carbocycles. The minimum atomic E-state index is -0.964. The summed E-state index contributed by atoms with van der Waals surface area (Å²) in [7, 11) is 0. The summed E-state index contributed by atoms with van der Waals surface area (Å²) in [6, 6.07) is 7.39. The number of carbonyl (C=O) groups is 2. The van der Waals surface area contributed by atoms with Crippen LogP contribution in [0.3, 0.4) is 0 Å². The first-order valence-corrected chi connectivity index (χ1v) is 22.8. The van der Waals surface area contributed by atoms with Gasteiger partial charge in [-0.1, -0.05) is 52.6 Å². The summed E-state index contributed by atoms with van der Waals surface area (Å²) in [5.41, 5.74) is 2.72. The minimum absolute atomic E-state index is 0.0462. The maximum absolute atomic E-state index is 13.3. The Morgan fingerprint density at radius 3 is 1.91 bits per heavy atom. The molecular formula is C49H67BrO8. The van der Waals surface area contributed by atoms with Gasteiger partial charge in [-0.3, -0.25) is 9.59 Å². The molecule has 2 aromatic rings. The predicted molar refractivity (Wildman–Crippen MR) is 232 cm³/mol. The summed E-state index contributed by atoms with van der Waals surface area (Å²) < 4.78 is 25.1. The van der Waals surface area contributed by atoms with Gasteiger partial charge in [0.05, 0.1) is 24.0 Å². The summed E-state index contributed by atoms with van der Waals surface area (Å²) in [5, 5.41) is 24.3. The van der Waals surface area contributed by atoms with Crippen LogP contribution in [0.5, 0.6) is 23.0 Å². The number of phenolic OH excluding ortho intramolecular Hbond substituents is 2. The highest BCUT2D eigenvalue weighted by atomic mass is 79.9. The maximum atomic E-state index is 13.3. The van der Waals surface area contributed by atoms with Crippen molar-refractivity contribution in [1.29, 1.82) is 0 Å². The second kappa shape index (κ2) is 17.3. The average molecular weight is 864 g/mol. The number of aromatic hydroxyl groups is 2. The largest absolute Gasteiger partial charge is 0.508 e. The number of hydrogen-bond acceptors (Lipinski definition) is 8. The van der Waals surface area contributed by atoms with Gasteiger partial charge in [0.25, 0.3) is 0 Å². The van der Waals surface area contributed by atoms with Crippen molar-refractivity contribution in [3.63, 3.8) is 0 Å². The zero-order valence-electron chi connectivity index (χ0n) is 36.4. The van der Waals surface area contributed by atoms with Crippen LogP contribution in [0.25, 0.3) is 0 Å². The number of halogens is 1. The summed E-state index contributed by atoms with van der Waals surface area (Å²) in [6.45, 7) is 18.9. The van der Waals surface area contributed by atoms with Crippen LogP contribution in [0.2, 0.25) is 0 Å². The summed E-state index contributed by atoms with van der Waals surface area (Å²) in [4.78, 5) is 26.6. The molecule has 1 unspecified atom stereocenters. The van der Waals surface area contributed by atoms with Gasteiger partial charge in [-0.2, -0.15) is 0 Å². The van der Waals surface area contributed by atoms with Crippen LogP contribution >= 0.6 is 15.9 Å². The molecule has 0 fully saturated rings. The molecule has 2 heterocycles. The minimum Gasteiger partial charge on any atom is -0.508 e. The van der Waals surface area contributed by atoms with Crippen molar-refractivity contribution in [2.45, 2.75) is 167 Å². The lowest BCUT2D eigenvalue weighted by Crippen LogP contribution is -2.48. The van der Waals surface area contributed by atoms with Crippen LogP contribution in [0.1, 0.15) is 167 Å². The number of ether oxygens (including phenoxy) is 4. The highest BCUT2D eigenvalue weighted by Gasteiger charge is 2.50. The van der Waals surface area contributed by atoms with Crippen molar-refractivity contribution in [2.75, 3.05) is 18.5 Å². The first kappa shape index (κ1) is 44.1. The van der Waals surface area contributed by atoms with E-state index >= 15 is 0 Å². The van der Waals surface area contributed by atoms with Gasteiger partial charge in [-0.15, -0.1) is 0 Å². The zero-order chi connectivity index (χ0) is 42.2. The van der Waals surface area contributed by atoms with Gasteiger partial charge in [0.15, 0.2) is 0 Å². The van der Waals surface area contributed by atoms with Crippen molar-refractivity contribution in [1.82, 2.24) is 0 Å². The molecule has 0 saturated carbocycles.